The molecule has 96 valence electrons. The molecule has 1 aromatic carbocycles. The van der Waals surface area contributed by atoms with E-state index in [1.165, 1.54) is 12.1 Å². The molecule has 0 aliphatic rings. The molecule has 3 aromatic rings. The van der Waals surface area contributed by atoms with Gasteiger partial charge < -0.3 is 9.52 Å². The fraction of sp³-hybridized carbons (Fsp3) is 0.0833. The van der Waals surface area contributed by atoms with E-state index >= 15 is 0 Å². The third-order valence-electron chi connectivity index (χ3n) is 2.81. The van der Waals surface area contributed by atoms with Gasteiger partial charge in [0.2, 0.25) is 0 Å². The molecule has 0 atom stereocenters. The van der Waals surface area contributed by atoms with Gasteiger partial charge in [-0.05, 0) is 18.2 Å². The number of nitro groups is 1. The first-order chi connectivity index (χ1) is 9.19. The van der Waals surface area contributed by atoms with Crippen molar-refractivity contribution in [2.24, 2.45) is 0 Å². The number of H-pyrrole nitrogens is 1. The van der Waals surface area contributed by atoms with Gasteiger partial charge in [0.15, 0.2) is 5.76 Å². The molecule has 0 unspecified atom stereocenters. The number of rotatable bonds is 3. The van der Waals surface area contributed by atoms with Crippen molar-refractivity contribution in [1.82, 2.24) is 10.2 Å². The van der Waals surface area contributed by atoms with Crippen LogP contribution in [0, 0.1) is 10.1 Å². The quantitative estimate of drug-likeness (QED) is 0.554. The molecule has 19 heavy (non-hydrogen) atoms. The number of aliphatic hydroxyl groups excluding tert-OH is 1. The molecule has 0 aliphatic heterocycles. The van der Waals surface area contributed by atoms with Crippen LogP contribution in [0.2, 0.25) is 0 Å². The van der Waals surface area contributed by atoms with E-state index in [4.69, 9.17) is 9.52 Å². The van der Waals surface area contributed by atoms with Gasteiger partial charge in [0.05, 0.1) is 10.4 Å². The molecule has 2 N–H and O–H groups in total. The smallest absolute Gasteiger partial charge is 0.270 e. The fourth-order valence-electron chi connectivity index (χ4n) is 1.89. The monoisotopic (exact) mass is 259 g/mol. The van der Waals surface area contributed by atoms with Crippen LogP contribution in [0.15, 0.2) is 34.7 Å². The first kappa shape index (κ1) is 11.4. The van der Waals surface area contributed by atoms with E-state index < -0.39 is 4.92 Å². The lowest BCUT2D eigenvalue weighted by Crippen LogP contribution is -1.86. The molecule has 0 saturated carbocycles. The maximum absolute atomic E-state index is 10.8. The summed E-state index contributed by atoms with van der Waals surface area (Å²) >= 11 is 0. The number of nitro benzene ring substituents is 1. The summed E-state index contributed by atoms with van der Waals surface area (Å²) in [4.78, 5) is 10.3. The molecular formula is C12H9N3O4. The predicted molar refractivity (Wildman–Crippen MR) is 66.4 cm³/mol. The topological polar surface area (TPSA) is 105 Å². The molecule has 0 bridgehead atoms. The summed E-state index contributed by atoms with van der Waals surface area (Å²) in [5, 5.41) is 27.2. The van der Waals surface area contributed by atoms with E-state index in [9.17, 15) is 10.1 Å². The van der Waals surface area contributed by atoms with Crippen LogP contribution < -0.4 is 0 Å². The number of aromatic nitrogens is 2. The number of aromatic amines is 1. The summed E-state index contributed by atoms with van der Waals surface area (Å²) in [7, 11) is 0. The average molecular weight is 259 g/mol. The minimum Gasteiger partial charge on any atom is -0.457 e. The zero-order valence-corrected chi connectivity index (χ0v) is 9.66. The molecule has 7 nitrogen and oxygen atoms in total. The summed E-state index contributed by atoms with van der Waals surface area (Å²) in [6.45, 7) is -0.206. The number of aliphatic hydroxyl groups is 1. The first-order valence-electron chi connectivity index (χ1n) is 5.51. The lowest BCUT2D eigenvalue weighted by Gasteiger charge is -1.94. The highest BCUT2D eigenvalue weighted by Crippen LogP contribution is 2.30. The molecule has 0 amide bonds. The number of furan rings is 1. The lowest BCUT2D eigenvalue weighted by molar-refractivity contribution is -0.384. The molecule has 0 saturated heterocycles. The van der Waals surface area contributed by atoms with Gasteiger partial charge in [-0.25, -0.2) is 0 Å². The van der Waals surface area contributed by atoms with Crippen molar-refractivity contribution in [3.63, 3.8) is 0 Å². The van der Waals surface area contributed by atoms with Crippen molar-refractivity contribution in [2.45, 2.75) is 6.61 Å². The highest BCUT2D eigenvalue weighted by molar-refractivity contribution is 5.93. The van der Waals surface area contributed by atoms with Gasteiger partial charge >= 0.3 is 0 Å². The van der Waals surface area contributed by atoms with Crippen molar-refractivity contribution in [3.05, 3.63) is 46.2 Å². The molecule has 0 aliphatic carbocycles. The van der Waals surface area contributed by atoms with E-state index in [-0.39, 0.29) is 12.3 Å². The van der Waals surface area contributed by atoms with Crippen molar-refractivity contribution in [3.8, 4) is 11.5 Å². The van der Waals surface area contributed by atoms with Crippen LogP contribution >= 0.6 is 0 Å². The van der Waals surface area contributed by atoms with Gasteiger partial charge in [-0.1, -0.05) is 0 Å². The van der Waals surface area contributed by atoms with Crippen LogP contribution in [0.3, 0.4) is 0 Å². The van der Waals surface area contributed by atoms with Crippen molar-refractivity contribution >= 4 is 16.6 Å². The van der Waals surface area contributed by atoms with E-state index in [0.29, 0.717) is 28.1 Å². The number of nitrogens with one attached hydrogen (secondary N) is 1. The van der Waals surface area contributed by atoms with Gasteiger partial charge in [0.25, 0.3) is 5.69 Å². The Labute approximate surface area is 106 Å². The molecule has 0 radical (unpaired) electrons. The van der Waals surface area contributed by atoms with Crippen LogP contribution in [-0.4, -0.2) is 20.2 Å². The molecule has 0 fully saturated rings. The highest BCUT2D eigenvalue weighted by atomic mass is 16.6. The highest BCUT2D eigenvalue weighted by Gasteiger charge is 2.15. The average Bonchev–Trinajstić information content (AvgIpc) is 3.03. The van der Waals surface area contributed by atoms with Crippen LogP contribution in [-0.2, 0) is 6.61 Å². The largest absolute Gasteiger partial charge is 0.457 e. The minimum absolute atomic E-state index is 0.0101. The fourth-order valence-corrected chi connectivity index (χ4v) is 1.89. The lowest BCUT2D eigenvalue weighted by atomic mass is 10.1. The van der Waals surface area contributed by atoms with Crippen molar-refractivity contribution < 1.29 is 14.4 Å². The number of non-ortho nitro benzene ring substituents is 1. The Morgan fingerprint density at radius 2 is 2.21 bits per heavy atom. The molecule has 3 rings (SSSR count). The molecule has 0 spiro atoms. The van der Waals surface area contributed by atoms with Crippen LogP contribution in [0.25, 0.3) is 22.4 Å². The number of hydrogen-bond donors (Lipinski definition) is 2. The van der Waals surface area contributed by atoms with Crippen LogP contribution in [0.1, 0.15) is 5.76 Å². The summed E-state index contributed by atoms with van der Waals surface area (Å²) in [6, 6.07) is 7.74. The number of hydrogen-bond acceptors (Lipinski definition) is 5. The Bertz CT molecular complexity index is 759. The van der Waals surface area contributed by atoms with Crippen molar-refractivity contribution in [2.75, 3.05) is 0 Å². The number of fused-ring (bicyclic) bond motifs is 1. The Morgan fingerprint density at radius 1 is 1.37 bits per heavy atom. The Hall–Kier alpha value is -2.67. The predicted octanol–water partition coefficient (Wildman–Crippen LogP) is 2.22. The van der Waals surface area contributed by atoms with Gasteiger partial charge in [0, 0.05) is 17.5 Å². The zero-order chi connectivity index (χ0) is 13.4. The normalized spacial score (nSPS) is 11.0. The third kappa shape index (κ3) is 1.85. The van der Waals surface area contributed by atoms with Crippen LogP contribution in [0.4, 0.5) is 5.69 Å². The van der Waals surface area contributed by atoms with E-state index in [1.54, 1.807) is 18.2 Å². The first-order valence-corrected chi connectivity index (χ1v) is 5.51. The Balaban J connectivity index is 2.17. The second-order valence-electron chi connectivity index (χ2n) is 3.98. The van der Waals surface area contributed by atoms with Crippen LogP contribution in [0.5, 0.6) is 0 Å². The summed E-state index contributed by atoms with van der Waals surface area (Å²) in [6.07, 6.45) is 0. The van der Waals surface area contributed by atoms with E-state index in [2.05, 4.69) is 10.2 Å². The van der Waals surface area contributed by atoms with Crippen molar-refractivity contribution in [1.29, 1.82) is 0 Å². The van der Waals surface area contributed by atoms with Gasteiger partial charge in [-0.15, -0.1) is 0 Å². The van der Waals surface area contributed by atoms with Gasteiger partial charge in [-0.2, -0.15) is 5.10 Å². The second-order valence-corrected chi connectivity index (χ2v) is 3.98. The molecule has 2 heterocycles. The summed E-state index contributed by atoms with van der Waals surface area (Å²) < 4.78 is 5.38. The molecular weight excluding hydrogens is 250 g/mol. The summed E-state index contributed by atoms with van der Waals surface area (Å²) in [5.41, 5.74) is 1.16. The van der Waals surface area contributed by atoms with Gasteiger partial charge in [0.1, 0.15) is 18.1 Å². The summed E-state index contributed by atoms with van der Waals surface area (Å²) in [5.74, 6) is 0.868. The van der Waals surface area contributed by atoms with E-state index in [1.807, 2.05) is 0 Å². The Kier molecular flexibility index (Phi) is 2.53. The second kappa shape index (κ2) is 4.21. The minimum atomic E-state index is -0.461. The molecule has 2 aromatic heterocycles. The zero-order valence-electron chi connectivity index (χ0n) is 9.66. The SMILES string of the molecule is O=[N+]([O-])c1ccc2[nH]nc(-c3ccc(CO)o3)c2c1. The standard InChI is InChI=1S/C12H9N3O4/c16-6-8-2-4-11(19-8)12-9-5-7(15(17)18)1-3-10(9)13-14-12/h1-5,16H,6H2,(H,13,14). The van der Waals surface area contributed by atoms with Gasteiger partial charge in [-0.3, -0.25) is 15.2 Å². The molecule has 7 heteroatoms. The Morgan fingerprint density at radius 3 is 2.89 bits per heavy atom. The maximum Gasteiger partial charge on any atom is 0.270 e. The number of benzene rings is 1. The number of nitrogens with zero attached hydrogens (tertiary/aromatic N) is 2. The maximum atomic E-state index is 10.8. The van der Waals surface area contributed by atoms with E-state index in [0.717, 1.165) is 0 Å². The third-order valence-corrected chi connectivity index (χ3v) is 2.81.